The third-order valence-electron chi connectivity index (χ3n) is 2.85. The van der Waals surface area contributed by atoms with Crippen LogP contribution >= 0.6 is 11.8 Å². The lowest BCUT2D eigenvalue weighted by Crippen LogP contribution is -2.28. The van der Waals surface area contributed by atoms with E-state index in [4.69, 9.17) is 4.74 Å². The van der Waals surface area contributed by atoms with E-state index in [1.54, 1.807) is 0 Å². The first-order valence-electron chi connectivity index (χ1n) is 5.35. The van der Waals surface area contributed by atoms with Crippen molar-refractivity contribution in [3.63, 3.8) is 0 Å². The molecule has 0 bridgehead atoms. The van der Waals surface area contributed by atoms with Gasteiger partial charge in [-0.3, -0.25) is 0 Å². The Hall–Kier alpha value is 0.270. The van der Waals surface area contributed by atoms with Crippen LogP contribution < -0.4 is 5.32 Å². The van der Waals surface area contributed by atoms with Crippen LogP contribution in [0.1, 0.15) is 19.3 Å². The van der Waals surface area contributed by atoms with Gasteiger partial charge in [-0.2, -0.15) is 11.8 Å². The summed E-state index contributed by atoms with van der Waals surface area (Å²) in [5.41, 5.74) is 0. The van der Waals surface area contributed by atoms with Crippen LogP contribution in [0, 0.1) is 5.92 Å². The summed E-state index contributed by atoms with van der Waals surface area (Å²) in [5, 5.41) is 4.46. The molecule has 1 N–H and O–H groups in total. The lowest BCUT2D eigenvalue weighted by atomic mass is 10.1. The lowest BCUT2D eigenvalue weighted by molar-refractivity contribution is 0.185. The van der Waals surface area contributed by atoms with Gasteiger partial charge in [-0.1, -0.05) is 0 Å². The van der Waals surface area contributed by atoms with Gasteiger partial charge >= 0.3 is 0 Å². The van der Waals surface area contributed by atoms with Crippen LogP contribution in [0.25, 0.3) is 0 Å². The molecule has 2 heterocycles. The number of nitrogens with one attached hydrogen (secondary N) is 1. The molecule has 2 rings (SSSR count). The Labute approximate surface area is 84.8 Å². The normalized spacial score (nSPS) is 34.2. The average molecular weight is 201 g/mol. The molecule has 2 fully saturated rings. The largest absolute Gasteiger partial charge is 0.381 e. The maximum atomic E-state index is 5.33. The van der Waals surface area contributed by atoms with E-state index in [0.717, 1.165) is 30.9 Å². The SMILES string of the molecule is C1CSC(CNCC2CCOC2)C1. The molecule has 0 aromatic carbocycles. The lowest BCUT2D eigenvalue weighted by Gasteiger charge is -2.12. The Kier molecular flexibility index (Phi) is 3.94. The van der Waals surface area contributed by atoms with Gasteiger partial charge in [0.05, 0.1) is 6.61 Å². The van der Waals surface area contributed by atoms with Crippen LogP contribution in [-0.4, -0.2) is 37.3 Å². The molecule has 0 aliphatic carbocycles. The fourth-order valence-corrected chi connectivity index (χ4v) is 3.23. The highest BCUT2D eigenvalue weighted by Gasteiger charge is 2.17. The topological polar surface area (TPSA) is 21.3 Å². The summed E-state index contributed by atoms with van der Waals surface area (Å²) in [4.78, 5) is 0. The summed E-state index contributed by atoms with van der Waals surface area (Å²) in [5.74, 6) is 2.16. The zero-order chi connectivity index (χ0) is 8.93. The van der Waals surface area contributed by atoms with Gasteiger partial charge in [0.15, 0.2) is 0 Å². The van der Waals surface area contributed by atoms with Crippen molar-refractivity contribution >= 4 is 11.8 Å². The van der Waals surface area contributed by atoms with Gasteiger partial charge in [0.1, 0.15) is 0 Å². The van der Waals surface area contributed by atoms with Crippen LogP contribution in [0.3, 0.4) is 0 Å². The zero-order valence-corrected chi connectivity index (χ0v) is 8.94. The van der Waals surface area contributed by atoms with E-state index in [1.165, 1.54) is 31.6 Å². The van der Waals surface area contributed by atoms with E-state index >= 15 is 0 Å². The minimum Gasteiger partial charge on any atom is -0.381 e. The van der Waals surface area contributed by atoms with Gasteiger partial charge in [0.25, 0.3) is 0 Å². The molecule has 3 heteroatoms. The van der Waals surface area contributed by atoms with Gasteiger partial charge in [0.2, 0.25) is 0 Å². The third-order valence-corrected chi connectivity index (χ3v) is 4.25. The van der Waals surface area contributed by atoms with E-state index in [0.29, 0.717) is 0 Å². The summed E-state index contributed by atoms with van der Waals surface area (Å²) < 4.78 is 5.33. The van der Waals surface area contributed by atoms with Crippen molar-refractivity contribution in [2.24, 2.45) is 5.92 Å². The van der Waals surface area contributed by atoms with Crippen LogP contribution in [-0.2, 0) is 4.74 Å². The fraction of sp³-hybridized carbons (Fsp3) is 1.00. The highest BCUT2D eigenvalue weighted by atomic mass is 32.2. The molecule has 0 spiro atoms. The molecule has 2 atom stereocenters. The molecule has 2 nitrogen and oxygen atoms in total. The molecule has 0 aromatic rings. The first-order valence-corrected chi connectivity index (χ1v) is 6.40. The molecular weight excluding hydrogens is 182 g/mol. The molecule has 76 valence electrons. The summed E-state index contributed by atoms with van der Waals surface area (Å²) >= 11 is 2.13. The second-order valence-electron chi connectivity index (χ2n) is 4.02. The average Bonchev–Trinajstić information content (AvgIpc) is 2.75. The van der Waals surface area contributed by atoms with Crippen molar-refractivity contribution in [3.8, 4) is 0 Å². The smallest absolute Gasteiger partial charge is 0.0507 e. The quantitative estimate of drug-likeness (QED) is 0.745. The van der Waals surface area contributed by atoms with Gasteiger partial charge in [-0.05, 0) is 30.9 Å². The molecule has 13 heavy (non-hydrogen) atoms. The van der Waals surface area contributed by atoms with Crippen molar-refractivity contribution in [1.29, 1.82) is 0 Å². The van der Waals surface area contributed by atoms with Gasteiger partial charge in [-0.25, -0.2) is 0 Å². The highest BCUT2D eigenvalue weighted by Crippen LogP contribution is 2.25. The molecule has 2 unspecified atom stereocenters. The molecule has 0 saturated carbocycles. The van der Waals surface area contributed by atoms with Crippen LogP contribution in [0.4, 0.5) is 0 Å². The third kappa shape index (κ3) is 3.15. The molecule has 2 saturated heterocycles. The number of thioether (sulfide) groups is 1. The maximum Gasteiger partial charge on any atom is 0.0507 e. The minimum absolute atomic E-state index is 0.784. The van der Waals surface area contributed by atoms with Crippen molar-refractivity contribution < 1.29 is 4.74 Å². The summed E-state index contributed by atoms with van der Waals surface area (Å²) in [6.07, 6.45) is 4.09. The van der Waals surface area contributed by atoms with Crippen LogP contribution in [0.15, 0.2) is 0 Å². The fourth-order valence-electron chi connectivity index (χ4n) is 2.00. The van der Waals surface area contributed by atoms with Gasteiger partial charge < -0.3 is 10.1 Å². The van der Waals surface area contributed by atoms with E-state index in [-0.39, 0.29) is 0 Å². The number of hydrogen-bond donors (Lipinski definition) is 1. The number of hydrogen-bond acceptors (Lipinski definition) is 3. The Bertz CT molecular complexity index is 126. The minimum atomic E-state index is 0.784. The molecule has 0 radical (unpaired) electrons. The number of rotatable bonds is 4. The van der Waals surface area contributed by atoms with Crippen LogP contribution in [0.5, 0.6) is 0 Å². The summed E-state index contributed by atoms with van der Waals surface area (Å²) in [6, 6.07) is 0. The van der Waals surface area contributed by atoms with Crippen LogP contribution in [0.2, 0.25) is 0 Å². The molecule has 0 aromatic heterocycles. The Balaban J connectivity index is 1.52. The molecule has 0 amide bonds. The second-order valence-corrected chi connectivity index (χ2v) is 5.43. The van der Waals surface area contributed by atoms with Crippen molar-refractivity contribution in [2.75, 3.05) is 32.1 Å². The van der Waals surface area contributed by atoms with Crippen molar-refractivity contribution in [3.05, 3.63) is 0 Å². The Morgan fingerprint density at radius 1 is 1.31 bits per heavy atom. The van der Waals surface area contributed by atoms with Gasteiger partial charge in [0, 0.05) is 24.9 Å². The highest BCUT2D eigenvalue weighted by molar-refractivity contribution is 8.00. The Morgan fingerprint density at radius 3 is 3.00 bits per heavy atom. The van der Waals surface area contributed by atoms with E-state index in [1.807, 2.05) is 0 Å². The maximum absolute atomic E-state index is 5.33. The number of ether oxygens (including phenoxy) is 1. The zero-order valence-electron chi connectivity index (χ0n) is 8.13. The second kappa shape index (κ2) is 5.23. The van der Waals surface area contributed by atoms with Crippen molar-refractivity contribution in [2.45, 2.75) is 24.5 Å². The predicted octanol–water partition coefficient (Wildman–Crippen LogP) is 1.51. The molecule has 2 aliphatic rings. The van der Waals surface area contributed by atoms with E-state index < -0.39 is 0 Å². The first-order chi connectivity index (χ1) is 6.45. The summed E-state index contributed by atoms with van der Waals surface area (Å²) in [7, 11) is 0. The predicted molar refractivity (Wildman–Crippen MR) is 57.3 cm³/mol. The molecule has 2 aliphatic heterocycles. The first kappa shape index (κ1) is 9.81. The molecular formula is C10H19NOS. The van der Waals surface area contributed by atoms with E-state index in [2.05, 4.69) is 17.1 Å². The van der Waals surface area contributed by atoms with Gasteiger partial charge in [-0.15, -0.1) is 0 Å². The van der Waals surface area contributed by atoms with E-state index in [9.17, 15) is 0 Å². The summed E-state index contributed by atoms with van der Waals surface area (Å²) in [6.45, 7) is 4.33. The Morgan fingerprint density at radius 2 is 2.31 bits per heavy atom. The monoisotopic (exact) mass is 201 g/mol. The standard InChI is InChI=1S/C10H19NOS/c1-2-10(13-5-1)7-11-6-9-3-4-12-8-9/h9-11H,1-8H2. The van der Waals surface area contributed by atoms with Crippen molar-refractivity contribution in [1.82, 2.24) is 5.32 Å².